The average molecular weight is 467 g/mol. The summed E-state index contributed by atoms with van der Waals surface area (Å²) in [6, 6.07) is 9.48. The van der Waals surface area contributed by atoms with Crippen LogP contribution in [0.1, 0.15) is 16.7 Å². The SMILES string of the molecule is Cc1cc2oc(=O)cc(CSc3nc4scc(-c5cccs5)c4c(=O)n3C)c2cc1C. The molecule has 0 saturated heterocycles. The van der Waals surface area contributed by atoms with Crippen molar-refractivity contribution < 1.29 is 4.42 Å². The molecular formula is C23H18N2O3S3. The first-order valence-corrected chi connectivity index (χ1v) is 12.4. The van der Waals surface area contributed by atoms with Crippen LogP contribution in [-0.2, 0) is 12.8 Å². The molecule has 0 atom stereocenters. The van der Waals surface area contributed by atoms with E-state index in [0.717, 1.165) is 37.3 Å². The highest BCUT2D eigenvalue weighted by molar-refractivity contribution is 7.98. The van der Waals surface area contributed by atoms with Crippen LogP contribution in [0.25, 0.3) is 31.6 Å². The molecule has 0 unspecified atom stereocenters. The molecule has 0 amide bonds. The summed E-state index contributed by atoms with van der Waals surface area (Å²) in [6.07, 6.45) is 0. The Morgan fingerprint density at radius 3 is 2.71 bits per heavy atom. The maximum atomic E-state index is 13.1. The molecule has 0 saturated carbocycles. The van der Waals surface area contributed by atoms with E-state index in [1.807, 2.05) is 48.9 Å². The van der Waals surface area contributed by atoms with Gasteiger partial charge in [-0.2, -0.15) is 0 Å². The minimum Gasteiger partial charge on any atom is -0.423 e. The number of benzene rings is 1. The Morgan fingerprint density at radius 2 is 1.94 bits per heavy atom. The van der Waals surface area contributed by atoms with Gasteiger partial charge in [0.15, 0.2) is 5.16 Å². The third kappa shape index (κ3) is 3.54. The first kappa shape index (κ1) is 20.2. The van der Waals surface area contributed by atoms with Gasteiger partial charge in [0.25, 0.3) is 5.56 Å². The first-order valence-electron chi connectivity index (χ1n) is 9.61. The van der Waals surface area contributed by atoms with E-state index in [-0.39, 0.29) is 11.2 Å². The van der Waals surface area contributed by atoms with Crippen LogP contribution in [0.15, 0.2) is 60.3 Å². The summed E-state index contributed by atoms with van der Waals surface area (Å²) in [5, 5.41) is 6.21. The molecule has 0 spiro atoms. The second-order valence-electron chi connectivity index (χ2n) is 7.38. The van der Waals surface area contributed by atoms with Crippen molar-refractivity contribution in [2.24, 2.45) is 7.05 Å². The third-order valence-electron chi connectivity index (χ3n) is 5.36. The number of thioether (sulfide) groups is 1. The van der Waals surface area contributed by atoms with Crippen molar-refractivity contribution in [3.05, 3.63) is 78.6 Å². The number of thiophene rings is 2. The third-order valence-corrected chi connectivity index (χ3v) is 8.22. The normalized spacial score (nSPS) is 11.6. The lowest BCUT2D eigenvalue weighted by molar-refractivity contribution is 0.559. The fourth-order valence-electron chi connectivity index (χ4n) is 3.54. The highest BCUT2D eigenvalue weighted by atomic mass is 32.2. The number of rotatable bonds is 4. The van der Waals surface area contributed by atoms with E-state index in [4.69, 9.17) is 9.40 Å². The van der Waals surface area contributed by atoms with Crippen molar-refractivity contribution in [2.75, 3.05) is 0 Å². The molecule has 8 heteroatoms. The first-order chi connectivity index (χ1) is 14.9. The highest BCUT2D eigenvalue weighted by Gasteiger charge is 2.17. The number of fused-ring (bicyclic) bond motifs is 2. The molecule has 0 fully saturated rings. The van der Waals surface area contributed by atoms with Crippen molar-refractivity contribution in [1.82, 2.24) is 9.55 Å². The smallest absolute Gasteiger partial charge is 0.336 e. The van der Waals surface area contributed by atoms with Gasteiger partial charge in [0.05, 0.1) is 5.39 Å². The Labute approximate surface area is 190 Å². The summed E-state index contributed by atoms with van der Waals surface area (Å²) < 4.78 is 6.99. The monoisotopic (exact) mass is 466 g/mol. The van der Waals surface area contributed by atoms with Gasteiger partial charge in [-0.1, -0.05) is 17.8 Å². The van der Waals surface area contributed by atoms with Crippen LogP contribution in [0.5, 0.6) is 0 Å². The van der Waals surface area contributed by atoms with Gasteiger partial charge in [-0.15, -0.1) is 22.7 Å². The number of nitrogens with zero attached hydrogens (tertiary/aromatic N) is 2. The summed E-state index contributed by atoms with van der Waals surface area (Å²) in [7, 11) is 1.75. The van der Waals surface area contributed by atoms with Crippen LogP contribution >= 0.6 is 34.4 Å². The van der Waals surface area contributed by atoms with Crippen molar-refractivity contribution in [3.63, 3.8) is 0 Å². The molecular weight excluding hydrogens is 448 g/mol. The van der Waals surface area contributed by atoms with E-state index in [1.54, 1.807) is 23.0 Å². The molecule has 1 aromatic carbocycles. The molecule has 5 nitrogen and oxygen atoms in total. The van der Waals surface area contributed by atoms with Crippen LogP contribution in [0.3, 0.4) is 0 Å². The van der Waals surface area contributed by atoms with E-state index in [9.17, 15) is 9.59 Å². The lowest BCUT2D eigenvalue weighted by atomic mass is 10.0. The Hall–Kier alpha value is -2.68. The zero-order valence-electron chi connectivity index (χ0n) is 17.1. The van der Waals surface area contributed by atoms with Crippen LogP contribution in [0.4, 0.5) is 0 Å². The van der Waals surface area contributed by atoms with Gasteiger partial charge >= 0.3 is 5.63 Å². The topological polar surface area (TPSA) is 65.1 Å². The van der Waals surface area contributed by atoms with E-state index < -0.39 is 0 Å². The molecule has 5 aromatic rings. The van der Waals surface area contributed by atoms with Crippen molar-refractivity contribution >= 4 is 55.6 Å². The number of aromatic nitrogens is 2. The minimum atomic E-state index is -0.373. The molecule has 0 aliphatic heterocycles. The Balaban J connectivity index is 1.55. The maximum absolute atomic E-state index is 13.1. The number of hydrogen-bond acceptors (Lipinski definition) is 7. The molecule has 5 rings (SSSR count). The van der Waals surface area contributed by atoms with Gasteiger partial charge in [0, 0.05) is 40.1 Å². The van der Waals surface area contributed by atoms with Gasteiger partial charge in [0.1, 0.15) is 10.4 Å². The standard InChI is InChI=1S/C23H18N2O3S3/c1-12-7-15-14(9-19(26)28-17(15)8-13(12)2)10-31-23-24-21-20(22(27)25(23)3)16(11-30-21)18-5-4-6-29-18/h4-9,11H,10H2,1-3H3. The predicted octanol–water partition coefficient (Wildman–Crippen LogP) is 5.74. The van der Waals surface area contributed by atoms with Crippen LogP contribution in [0.2, 0.25) is 0 Å². The molecule has 31 heavy (non-hydrogen) atoms. The summed E-state index contributed by atoms with van der Waals surface area (Å²) in [5.41, 5.74) is 4.19. The Bertz CT molecular complexity index is 1560. The van der Waals surface area contributed by atoms with Crippen molar-refractivity contribution in [3.8, 4) is 10.4 Å². The Kier molecular flexibility index (Phi) is 5.08. The van der Waals surface area contributed by atoms with Crippen molar-refractivity contribution in [2.45, 2.75) is 24.8 Å². The minimum absolute atomic E-state index is 0.0546. The largest absolute Gasteiger partial charge is 0.423 e. The summed E-state index contributed by atoms with van der Waals surface area (Å²) in [4.78, 5) is 31.8. The second kappa shape index (κ2) is 7.78. The lowest BCUT2D eigenvalue weighted by Gasteiger charge is -2.10. The van der Waals surface area contributed by atoms with E-state index >= 15 is 0 Å². The maximum Gasteiger partial charge on any atom is 0.336 e. The Morgan fingerprint density at radius 1 is 1.13 bits per heavy atom. The zero-order valence-corrected chi connectivity index (χ0v) is 19.5. The van der Waals surface area contributed by atoms with Gasteiger partial charge in [-0.25, -0.2) is 9.78 Å². The summed E-state index contributed by atoms with van der Waals surface area (Å²) >= 11 is 4.55. The molecule has 0 N–H and O–H groups in total. The quantitative estimate of drug-likeness (QED) is 0.192. The van der Waals surface area contributed by atoms with E-state index in [1.165, 1.54) is 29.2 Å². The zero-order chi connectivity index (χ0) is 21.7. The molecule has 0 aliphatic carbocycles. The number of hydrogen-bond donors (Lipinski definition) is 0. The molecule has 156 valence electrons. The van der Waals surface area contributed by atoms with E-state index in [2.05, 4.69) is 0 Å². The van der Waals surface area contributed by atoms with Gasteiger partial charge in [-0.05, 0) is 54.1 Å². The lowest BCUT2D eigenvalue weighted by Crippen LogP contribution is -2.19. The molecule has 0 radical (unpaired) electrons. The highest BCUT2D eigenvalue weighted by Crippen LogP contribution is 2.35. The van der Waals surface area contributed by atoms with Gasteiger partial charge < -0.3 is 4.42 Å². The van der Waals surface area contributed by atoms with Crippen LogP contribution in [0, 0.1) is 13.8 Å². The predicted molar refractivity (Wildman–Crippen MR) is 130 cm³/mol. The fraction of sp³-hybridized carbons (Fsp3) is 0.174. The fourth-order valence-corrected chi connectivity index (χ4v) is 6.31. The molecule has 4 aromatic heterocycles. The molecule has 4 heterocycles. The van der Waals surface area contributed by atoms with Crippen molar-refractivity contribution in [1.29, 1.82) is 0 Å². The van der Waals surface area contributed by atoms with E-state index in [0.29, 0.717) is 21.9 Å². The average Bonchev–Trinajstić information content (AvgIpc) is 3.40. The summed E-state index contributed by atoms with van der Waals surface area (Å²) in [5.74, 6) is 0.513. The van der Waals surface area contributed by atoms with Crippen LogP contribution < -0.4 is 11.2 Å². The second-order valence-corrected chi connectivity index (χ2v) is 10.1. The van der Waals surface area contributed by atoms with Crippen LogP contribution in [-0.4, -0.2) is 9.55 Å². The molecule has 0 aliphatic rings. The van der Waals surface area contributed by atoms with Gasteiger partial charge in [-0.3, -0.25) is 9.36 Å². The molecule has 0 bridgehead atoms. The summed E-state index contributed by atoms with van der Waals surface area (Å²) in [6.45, 7) is 4.04. The van der Waals surface area contributed by atoms with Gasteiger partial charge in [0.2, 0.25) is 0 Å². The number of aryl methyl sites for hydroxylation is 2.